The molecule has 21 heavy (non-hydrogen) atoms. The van der Waals surface area contributed by atoms with E-state index in [2.05, 4.69) is 24.5 Å². The summed E-state index contributed by atoms with van der Waals surface area (Å²) in [6.45, 7) is 7.25. The van der Waals surface area contributed by atoms with Gasteiger partial charge in [-0.1, -0.05) is 39.5 Å². The predicted molar refractivity (Wildman–Crippen MR) is 90.5 cm³/mol. The van der Waals surface area contributed by atoms with Crippen LogP contribution in [0.3, 0.4) is 0 Å². The van der Waals surface area contributed by atoms with Crippen LogP contribution in [0, 0.1) is 17.3 Å². The zero-order valence-electron chi connectivity index (χ0n) is 14.3. The summed E-state index contributed by atoms with van der Waals surface area (Å²) in [6.07, 6.45) is 14.5. The Morgan fingerprint density at radius 1 is 1.10 bits per heavy atom. The van der Waals surface area contributed by atoms with Crippen LogP contribution in [0.25, 0.3) is 0 Å². The molecule has 0 aromatic rings. The van der Waals surface area contributed by atoms with Crippen LogP contribution < -0.4 is 10.6 Å². The van der Waals surface area contributed by atoms with Crippen LogP contribution in [-0.4, -0.2) is 25.2 Å². The maximum absolute atomic E-state index is 3.91. The van der Waals surface area contributed by atoms with Gasteiger partial charge >= 0.3 is 0 Å². The number of hydrogen-bond donors (Lipinski definition) is 2. The van der Waals surface area contributed by atoms with E-state index < -0.39 is 0 Å². The fourth-order valence-corrected chi connectivity index (χ4v) is 5.54. The topological polar surface area (TPSA) is 24.1 Å². The van der Waals surface area contributed by atoms with Crippen molar-refractivity contribution in [3.05, 3.63) is 0 Å². The molecule has 0 spiro atoms. The smallest absolute Gasteiger partial charge is 0.0198 e. The number of fused-ring (bicyclic) bond motifs is 1. The van der Waals surface area contributed by atoms with Crippen LogP contribution in [0.4, 0.5) is 0 Å². The molecule has 2 N–H and O–H groups in total. The highest BCUT2D eigenvalue weighted by Gasteiger charge is 2.36. The van der Waals surface area contributed by atoms with E-state index in [4.69, 9.17) is 0 Å². The first kappa shape index (κ1) is 15.8. The summed E-state index contributed by atoms with van der Waals surface area (Å²) in [5.41, 5.74) is 0.625. The molecule has 122 valence electrons. The molecule has 3 unspecified atom stereocenters. The summed E-state index contributed by atoms with van der Waals surface area (Å²) in [5.74, 6) is 1.83. The predicted octanol–water partition coefficient (Wildman–Crippen LogP) is 4.10. The molecule has 0 radical (unpaired) electrons. The molecule has 2 saturated carbocycles. The molecule has 3 fully saturated rings. The van der Waals surface area contributed by atoms with Crippen molar-refractivity contribution in [3.8, 4) is 0 Å². The SMILES string of the molecule is CC(C)CC1(CNCC2CC3CCCCC3N2)CCCC1. The van der Waals surface area contributed by atoms with Gasteiger partial charge in [-0.3, -0.25) is 0 Å². The Morgan fingerprint density at radius 2 is 1.86 bits per heavy atom. The van der Waals surface area contributed by atoms with E-state index >= 15 is 0 Å². The van der Waals surface area contributed by atoms with Crippen molar-refractivity contribution in [2.45, 2.75) is 90.1 Å². The molecule has 3 aliphatic rings. The first-order chi connectivity index (χ1) is 10.2. The number of nitrogens with one attached hydrogen (secondary N) is 2. The maximum atomic E-state index is 3.91. The normalized spacial score (nSPS) is 35.3. The first-order valence-electron chi connectivity index (χ1n) is 9.64. The number of rotatable bonds is 6. The van der Waals surface area contributed by atoms with Crippen LogP contribution in [0.15, 0.2) is 0 Å². The van der Waals surface area contributed by atoms with Gasteiger partial charge in [0.15, 0.2) is 0 Å². The van der Waals surface area contributed by atoms with Gasteiger partial charge in [-0.05, 0) is 55.8 Å². The van der Waals surface area contributed by atoms with E-state index in [0.29, 0.717) is 5.41 Å². The Morgan fingerprint density at radius 3 is 2.57 bits per heavy atom. The van der Waals surface area contributed by atoms with Gasteiger partial charge in [-0.2, -0.15) is 0 Å². The van der Waals surface area contributed by atoms with Crippen molar-refractivity contribution in [3.63, 3.8) is 0 Å². The van der Waals surface area contributed by atoms with Crippen molar-refractivity contribution >= 4 is 0 Å². The fraction of sp³-hybridized carbons (Fsp3) is 1.00. The Balaban J connectivity index is 1.42. The quantitative estimate of drug-likeness (QED) is 0.770. The molecule has 1 heterocycles. The number of hydrogen-bond acceptors (Lipinski definition) is 2. The minimum absolute atomic E-state index is 0.625. The second kappa shape index (κ2) is 7.00. The summed E-state index contributed by atoms with van der Waals surface area (Å²) in [4.78, 5) is 0. The van der Waals surface area contributed by atoms with E-state index in [9.17, 15) is 0 Å². The lowest BCUT2D eigenvalue weighted by atomic mass is 9.78. The van der Waals surface area contributed by atoms with Gasteiger partial charge in [0.25, 0.3) is 0 Å². The van der Waals surface area contributed by atoms with E-state index in [-0.39, 0.29) is 0 Å². The largest absolute Gasteiger partial charge is 0.315 e. The van der Waals surface area contributed by atoms with Gasteiger partial charge in [0.1, 0.15) is 0 Å². The summed E-state index contributed by atoms with van der Waals surface area (Å²) in [6, 6.07) is 1.59. The van der Waals surface area contributed by atoms with E-state index in [1.807, 2.05) is 0 Å². The molecule has 2 nitrogen and oxygen atoms in total. The van der Waals surface area contributed by atoms with Crippen molar-refractivity contribution < 1.29 is 0 Å². The molecule has 0 aromatic heterocycles. The van der Waals surface area contributed by atoms with Gasteiger partial charge in [-0.25, -0.2) is 0 Å². The molecule has 0 aromatic carbocycles. The molecule has 1 aliphatic heterocycles. The Labute approximate surface area is 131 Å². The van der Waals surface area contributed by atoms with Crippen molar-refractivity contribution in [2.24, 2.45) is 17.3 Å². The molecule has 3 rings (SSSR count). The van der Waals surface area contributed by atoms with Crippen molar-refractivity contribution in [1.82, 2.24) is 10.6 Å². The lowest BCUT2D eigenvalue weighted by molar-refractivity contribution is 0.222. The minimum Gasteiger partial charge on any atom is -0.315 e. The third-order valence-electron chi connectivity index (χ3n) is 6.34. The van der Waals surface area contributed by atoms with Crippen LogP contribution in [0.5, 0.6) is 0 Å². The van der Waals surface area contributed by atoms with Crippen LogP contribution in [-0.2, 0) is 0 Å². The second-order valence-electron chi connectivity index (χ2n) is 8.69. The molecule has 0 amide bonds. The average molecular weight is 293 g/mol. The van der Waals surface area contributed by atoms with Crippen LogP contribution >= 0.6 is 0 Å². The molecular formula is C19H36N2. The van der Waals surface area contributed by atoms with Gasteiger partial charge in [-0.15, -0.1) is 0 Å². The lowest BCUT2D eigenvalue weighted by Crippen LogP contribution is -2.42. The van der Waals surface area contributed by atoms with E-state index in [1.54, 1.807) is 0 Å². The standard InChI is InChI=1S/C19H36N2/c1-15(2)12-19(9-5-6-10-19)14-20-13-17-11-16-7-3-4-8-18(16)21-17/h15-18,20-21H,3-14H2,1-2H3. The summed E-state index contributed by atoms with van der Waals surface area (Å²) < 4.78 is 0. The van der Waals surface area contributed by atoms with Crippen LogP contribution in [0.2, 0.25) is 0 Å². The molecule has 3 atom stereocenters. The average Bonchev–Trinajstić information content (AvgIpc) is 3.04. The Hall–Kier alpha value is -0.0800. The lowest BCUT2D eigenvalue weighted by Gasteiger charge is -2.32. The van der Waals surface area contributed by atoms with E-state index in [1.165, 1.54) is 77.3 Å². The zero-order chi connectivity index (χ0) is 14.7. The van der Waals surface area contributed by atoms with Gasteiger partial charge < -0.3 is 10.6 Å². The molecular weight excluding hydrogens is 256 g/mol. The summed E-state index contributed by atoms with van der Waals surface area (Å²) >= 11 is 0. The van der Waals surface area contributed by atoms with Gasteiger partial charge in [0, 0.05) is 25.2 Å². The van der Waals surface area contributed by atoms with E-state index in [0.717, 1.165) is 23.9 Å². The Kier molecular flexibility index (Phi) is 5.27. The summed E-state index contributed by atoms with van der Waals surface area (Å²) in [5, 5.41) is 7.77. The highest BCUT2D eigenvalue weighted by molar-refractivity contribution is 4.94. The maximum Gasteiger partial charge on any atom is 0.0198 e. The van der Waals surface area contributed by atoms with Crippen molar-refractivity contribution in [1.29, 1.82) is 0 Å². The molecule has 2 aliphatic carbocycles. The summed E-state index contributed by atoms with van der Waals surface area (Å²) in [7, 11) is 0. The first-order valence-corrected chi connectivity index (χ1v) is 9.64. The Bertz CT molecular complexity index is 306. The molecule has 2 heteroatoms. The minimum atomic E-state index is 0.625. The van der Waals surface area contributed by atoms with Gasteiger partial charge in [0.05, 0.1) is 0 Å². The fourth-order valence-electron chi connectivity index (χ4n) is 5.54. The molecule has 1 saturated heterocycles. The second-order valence-corrected chi connectivity index (χ2v) is 8.69. The third kappa shape index (κ3) is 4.01. The van der Waals surface area contributed by atoms with Crippen molar-refractivity contribution in [2.75, 3.05) is 13.1 Å². The zero-order valence-corrected chi connectivity index (χ0v) is 14.3. The highest BCUT2D eigenvalue weighted by Crippen LogP contribution is 2.42. The van der Waals surface area contributed by atoms with Crippen LogP contribution in [0.1, 0.15) is 78.1 Å². The monoisotopic (exact) mass is 292 g/mol. The highest BCUT2D eigenvalue weighted by atomic mass is 15.0. The third-order valence-corrected chi connectivity index (χ3v) is 6.34. The van der Waals surface area contributed by atoms with Gasteiger partial charge in [0.2, 0.25) is 0 Å². The molecule has 0 bridgehead atoms.